The molecule has 7 heteroatoms. The Morgan fingerprint density at radius 3 is 3.10 bits per heavy atom. The first-order valence-electron chi connectivity index (χ1n) is 6.41. The van der Waals surface area contributed by atoms with Gasteiger partial charge in [0.25, 0.3) is 0 Å². The average Bonchev–Trinajstić information content (AvgIpc) is 2.91. The molecule has 0 aliphatic rings. The lowest BCUT2D eigenvalue weighted by Gasteiger charge is -2.14. The van der Waals surface area contributed by atoms with Crippen LogP contribution in [0.1, 0.15) is 6.42 Å². The first-order chi connectivity index (χ1) is 10.1. The van der Waals surface area contributed by atoms with Crippen LogP contribution in [0.15, 0.2) is 23.4 Å². The molecule has 0 unspecified atom stereocenters. The van der Waals surface area contributed by atoms with Crippen molar-refractivity contribution in [3.8, 4) is 11.8 Å². The van der Waals surface area contributed by atoms with E-state index in [-0.39, 0.29) is 5.91 Å². The summed E-state index contributed by atoms with van der Waals surface area (Å²) < 4.78 is 5.16. The molecule has 110 valence electrons. The van der Waals surface area contributed by atoms with Gasteiger partial charge in [0.2, 0.25) is 5.91 Å². The summed E-state index contributed by atoms with van der Waals surface area (Å²) in [7, 11) is 3.31. The number of hydrogen-bond acceptors (Lipinski definition) is 5. The highest BCUT2D eigenvalue weighted by Gasteiger charge is 2.11. The zero-order chi connectivity index (χ0) is 15.2. The van der Waals surface area contributed by atoms with E-state index in [2.05, 4.69) is 9.97 Å². The van der Waals surface area contributed by atoms with Gasteiger partial charge in [-0.15, -0.1) is 0 Å². The maximum Gasteiger partial charge on any atom is 0.232 e. The minimum absolute atomic E-state index is 0.0201. The number of aromatic nitrogens is 2. The van der Waals surface area contributed by atoms with Crippen molar-refractivity contribution in [2.24, 2.45) is 0 Å². The number of benzene rings is 1. The van der Waals surface area contributed by atoms with Gasteiger partial charge < -0.3 is 14.6 Å². The molecule has 2 aromatic rings. The topological polar surface area (TPSA) is 82.0 Å². The molecule has 1 aromatic carbocycles. The van der Waals surface area contributed by atoms with Crippen molar-refractivity contribution in [3.05, 3.63) is 18.2 Å². The maximum atomic E-state index is 11.9. The molecule has 0 aliphatic carbocycles. The standard InChI is InChI=1S/C14H16N4O2S/c1-18(7-3-6-15)13(19)9-21-14-16-11-5-4-10(20-2)8-12(11)17-14/h4-5,8H,3,7,9H2,1-2H3,(H,16,17). The number of H-pyrrole nitrogens is 1. The first-order valence-corrected chi connectivity index (χ1v) is 7.40. The minimum Gasteiger partial charge on any atom is -0.497 e. The van der Waals surface area contributed by atoms with Crippen LogP contribution >= 0.6 is 11.8 Å². The van der Waals surface area contributed by atoms with Gasteiger partial charge in [-0.3, -0.25) is 4.79 Å². The number of nitrogens with zero attached hydrogens (tertiary/aromatic N) is 3. The largest absolute Gasteiger partial charge is 0.497 e. The summed E-state index contributed by atoms with van der Waals surface area (Å²) in [4.78, 5) is 21.0. The lowest BCUT2D eigenvalue weighted by Crippen LogP contribution is -2.29. The summed E-state index contributed by atoms with van der Waals surface area (Å²) in [5, 5.41) is 9.20. The van der Waals surface area contributed by atoms with Crippen molar-refractivity contribution in [2.75, 3.05) is 26.5 Å². The SMILES string of the molecule is COc1ccc2nc(SCC(=O)N(C)CCC#N)[nH]c2c1. The summed E-state index contributed by atoms with van der Waals surface area (Å²) in [6.07, 6.45) is 0.345. The summed E-state index contributed by atoms with van der Waals surface area (Å²) in [5.41, 5.74) is 1.71. The second-order valence-electron chi connectivity index (χ2n) is 4.44. The number of carbonyl (C=O) groups is 1. The molecule has 0 fully saturated rings. The van der Waals surface area contributed by atoms with E-state index in [0.29, 0.717) is 23.9 Å². The van der Waals surface area contributed by atoms with Gasteiger partial charge in [0.15, 0.2) is 5.16 Å². The van der Waals surface area contributed by atoms with Crippen LogP contribution in [0.3, 0.4) is 0 Å². The fourth-order valence-corrected chi connectivity index (χ4v) is 2.57. The van der Waals surface area contributed by atoms with Crippen molar-refractivity contribution < 1.29 is 9.53 Å². The van der Waals surface area contributed by atoms with Crippen LogP contribution in [0, 0.1) is 11.3 Å². The Morgan fingerprint density at radius 2 is 2.38 bits per heavy atom. The predicted octanol–water partition coefficient (Wildman–Crippen LogP) is 2.04. The van der Waals surface area contributed by atoms with Crippen LogP contribution in [0.25, 0.3) is 11.0 Å². The van der Waals surface area contributed by atoms with Crippen LogP contribution in [0.2, 0.25) is 0 Å². The van der Waals surface area contributed by atoms with Crippen molar-refractivity contribution >= 4 is 28.7 Å². The molecule has 21 heavy (non-hydrogen) atoms. The number of imidazole rings is 1. The second kappa shape index (κ2) is 6.99. The number of thioether (sulfide) groups is 1. The molecule has 0 atom stereocenters. The molecule has 6 nitrogen and oxygen atoms in total. The van der Waals surface area contributed by atoms with Crippen molar-refractivity contribution in [2.45, 2.75) is 11.6 Å². The number of carbonyl (C=O) groups excluding carboxylic acids is 1. The highest BCUT2D eigenvalue weighted by atomic mass is 32.2. The number of fused-ring (bicyclic) bond motifs is 1. The third-order valence-electron chi connectivity index (χ3n) is 2.98. The molecule has 2 rings (SSSR count). The van der Waals surface area contributed by atoms with Gasteiger partial charge in [-0.05, 0) is 12.1 Å². The van der Waals surface area contributed by atoms with Gasteiger partial charge in [0.05, 0.1) is 36.4 Å². The van der Waals surface area contributed by atoms with Gasteiger partial charge in [0, 0.05) is 19.7 Å². The third-order valence-corrected chi connectivity index (χ3v) is 3.84. The molecule has 0 saturated heterocycles. The van der Waals surface area contributed by atoms with Gasteiger partial charge in [-0.1, -0.05) is 11.8 Å². The van der Waals surface area contributed by atoms with Gasteiger partial charge >= 0.3 is 0 Å². The number of nitrogens with one attached hydrogen (secondary N) is 1. The molecule has 1 N–H and O–H groups in total. The Bertz CT molecular complexity index is 677. The summed E-state index contributed by atoms with van der Waals surface area (Å²) in [6, 6.07) is 7.61. The van der Waals surface area contributed by atoms with Crippen molar-refractivity contribution in [3.63, 3.8) is 0 Å². The number of aromatic amines is 1. The molecule has 0 aliphatic heterocycles. The Labute approximate surface area is 127 Å². The number of nitriles is 1. The maximum absolute atomic E-state index is 11.9. The molecule has 0 radical (unpaired) electrons. The Hall–Kier alpha value is -2.20. The van der Waals surface area contributed by atoms with E-state index in [1.54, 1.807) is 19.1 Å². The Morgan fingerprint density at radius 1 is 1.57 bits per heavy atom. The van der Waals surface area contributed by atoms with E-state index in [1.807, 2.05) is 24.3 Å². The van der Waals surface area contributed by atoms with Crippen molar-refractivity contribution in [1.29, 1.82) is 5.26 Å². The Balaban J connectivity index is 1.97. The smallest absolute Gasteiger partial charge is 0.232 e. The zero-order valence-electron chi connectivity index (χ0n) is 11.9. The Kier molecular flexibility index (Phi) is 5.06. The van der Waals surface area contributed by atoms with E-state index in [4.69, 9.17) is 10.00 Å². The summed E-state index contributed by atoms with van der Waals surface area (Å²) in [5.74, 6) is 1.03. The zero-order valence-corrected chi connectivity index (χ0v) is 12.7. The number of amides is 1. The second-order valence-corrected chi connectivity index (χ2v) is 5.40. The number of methoxy groups -OCH3 is 1. The molecule has 0 bridgehead atoms. The number of rotatable bonds is 6. The van der Waals surface area contributed by atoms with Crippen LogP contribution < -0.4 is 4.74 Å². The molecule has 1 aromatic heterocycles. The van der Waals surface area contributed by atoms with Gasteiger partial charge in [0.1, 0.15) is 5.75 Å². The molecular formula is C14H16N4O2S. The molecule has 1 heterocycles. The van der Waals surface area contributed by atoms with Crippen LogP contribution in [-0.4, -0.2) is 47.2 Å². The van der Waals surface area contributed by atoms with Gasteiger partial charge in [-0.25, -0.2) is 4.98 Å². The normalized spacial score (nSPS) is 10.3. The number of ether oxygens (including phenoxy) is 1. The number of hydrogen-bond donors (Lipinski definition) is 1. The third kappa shape index (κ3) is 3.89. The fourth-order valence-electron chi connectivity index (χ4n) is 1.74. The quantitative estimate of drug-likeness (QED) is 0.826. The fraction of sp³-hybridized carbons (Fsp3) is 0.357. The summed E-state index contributed by atoms with van der Waals surface area (Å²) in [6.45, 7) is 0.452. The summed E-state index contributed by atoms with van der Waals surface area (Å²) >= 11 is 1.35. The van der Waals surface area contributed by atoms with Crippen molar-refractivity contribution in [1.82, 2.24) is 14.9 Å². The van der Waals surface area contributed by atoms with Crippen LogP contribution in [0.4, 0.5) is 0 Å². The van der Waals surface area contributed by atoms with Crippen LogP contribution in [-0.2, 0) is 4.79 Å². The highest BCUT2D eigenvalue weighted by Crippen LogP contribution is 2.23. The lowest BCUT2D eigenvalue weighted by molar-refractivity contribution is -0.127. The minimum atomic E-state index is -0.0201. The molecule has 0 saturated carbocycles. The monoisotopic (exact) mass is 304 g/mol. The van der Waals surface area contributed by atoms with Gasteiger partial charge in [-0.2, -0.15) is 5.26 Å². The van der Waals surface area contributed by atoms with E-state index in [9.17, 15) is 4.79 Å². The van der Waals surface area contributed by atoms with E-state index in [0.717, 1.165) is 16.8 Å². The molecular weight excluding hydrogens is 288 g/mol. The van der Waals surface area contributed by atoms with E-state index >= 15 is 0 Å². The average molecular weight is 304 g/mol. The lowest BCUT2D eigenvalue weighted by atomic mass is 10.3. The van der Waals surface area contributed by atoms with E-state index in [1.165, 1.54) is 11.8 Å². The van der Waals surface area contributed by atoms with Crippen LogP contribution in [0.5, 0.6) is 5.75 Å². The molecule has 1 amide bonds. The first kappa shape index (κ1) is 15.2. The highest BCUT2D eigenvalue weighted by molar-refractivity contribution is 7.99. The van der Waals surface area contributed by atoms with E-state index < -0.39 is 0 Å². The molecule has 0 spiro atoms. The predicted molar refractivity (Wildman–Crippen MR) is 81.2 cm³/mol.